The average Bonchev–Trinajstić information content (AvgIpc) is 2.77. The van der Waals surface area contributed by atoms with Gasteiger partial charge in [0.1, 0.15) is 12.1 Å². The van der Waals surface area contributed by atoms with Gasteiger partial charge in [-0.3, -0.25) is 0 Å². The molecule has 0 spiro atoms. The normalized spacial score (nSPS) is 12.9. The molecule has 16 heavy (non-hydrogen) atoms. The molecule has 0 aliphatic carbocycles. The summed E-state index contributed by atoms with van der Waals surface area (Å²) < 4.78 is 1.11. The number of hydrogen-bond acceptors (Lipinski definition) is 5. The maximum atomic E-state index is 5.72. The summed E-state index contributed by atoms with van der Waals surface area (Å²) in [6.07, 6.45) is 3.78. The Labute approximate surface area is 98.9 Å². The highest BCUT2D eigenvalue weighted by Gasteiger charge is 2.09. The van der Waals surface area contributed by atoms with Gasteiger partial charge in [0, 0.05) is 12.6 Å². The predicted molar refractivity (Wildman–Crippen MR) is 68.8 cm³/mol. The molecular formula is C11H16N4S. The number of aromatic nitrogens is 2. The fraction of sp³-hybridized carbons (Fsp3) is 0.455. The molecule has 3 N–H and O–H groups in total. The molecule has 0 fully saturated rings. The van der Waals surface area contributed by atoms with Gasteiger partial charge in [0.2, 0.25) is 0 Å². The highest BCUT2D eigenvalue weighted by atomic mass is 32.1. The fourth-order valence-electron chi connectivity index (χ4n) is 1.68. The van der Waals surface area contributed by atoms with Crippen LogP contribution in [0.4, 0.5) is 5.82 Å². The first kappa shape index (κ1) is 11.3. The minimum absolute atomic E-state index is 0.296. The van der Waals surface area contributed by atoms with Gasteiger partial charge in [0.15, 0.2) is 0 Å². The summed E-state index contributed by atoms with van der Waals surface area (Å²) in [6, 6.07) is 2.30. The first-order chi connectivity index (χ1) is 7.85. The number of thiophene rings is 1. The summed E-state index contributed by atoms with van der Waals surface area (Å²) in [5.41, 5.74) is 6.72. The second-order valence-electron chi connectivity index (χ2n) is 3.72. The van der Waals surface area contributed by atoms with Gasteiger partial charge in [-0.2, -0.15) is 0 Å². The van der Waals surface area contributed by atoms with Crippen LogP contribution < -0.4 is 11.1 Å². The Morgan fingerprint density at radius 2 is 2.38 bits per heavy atom. The number of nitrogens with two attached hydrogens (primary N) is 1. The summed E-state index contributed by atoms with van der Waals surface area (Å²) in [7, 11) is 0. The predicted octanol–water partition coefficient (Wildman–Crippen LogP) is 2.23. The summed E-state index contributed by atoms with van der Waals surface area (Å²) in [5, 5.41) is 5.42. The molecule has 0 radical (unpaired) electrons. The Balaban J connectivity index is 2.22. The maximum absolute atomic E-state index is 5.72. The molecule has 5 heteroatoms. The van der Waals surface area contributed by atoms with Crippen LogP contribution in [0.2, 0.25) is 0 Å². The van der Waals surface area contributed by atoms with E-state index >= 15 is 0 Å². The van der Waals surface area contributed by atoms with Gasteiger partial charge >= 0.3 is 0 Å². The lowest BCUT2D eigenvalue weighted by Gasteiger charge is -2.16. The van der Waals surface area contributed by atoms with Gasteiger partial charge in [-0.05, 0) is 17.9 Å². The summed E-state index contributed by atoms with van der Waals surface area (Å²) >= 11 is 1.66. The summed E-state index contributed by atoms with van der Waals surface area (Å²) in [6.45, 7) is 2.79. The van der Waals surface area contributed by atoms with E-state index in [9.17, 15) is 0 Å². The van der Waals surface area contributed by atoms with E-state index in [1.54, 1.807) is 17.7 Å². The van der Waals surface area contributed by atoms with E-state index in [2.05, 4.69) is 22.2 Å². The van der Waals surface area contributed by atoms with Crippen LogP contribution in [-0.4, -0.2) is 22.6 Å². The van der Waals surface area contributed by atoms with E-state index in [0.717, 1.165) is 28.9 Å². The van der Waals surface area contributed by atoms with Crippen LogP contribution >= 0.6 is 11.3 Å². The third-order valence-corrected chi connectivity index (χ3v) is 3.42. The van der Waals surface area contributed by atoms with Crippen molar-refractivity contribution in [3.63, 3.8) is 0 Å². The van der Waals surface area contributed by atoms with E-state index in [1.807, 2.05) is 11.4 Å². The molecule has 2 rings (SSSR count). The van der Waals surface area contributed by atoms with E-state index in [1.165, 1.54) is 0 Å². The lowest BCUT2D eigenvalue weighted by molar-refractivity contribution is 0.646. The van der Waals surface area contributed by atoms with Crippen molar-refractivity contribution in [1.82, 2.24) is 9.97 Å². The maximum Gasteiger partial charge on any atom is 0.147 e. The first-order valence-corrected chi connectivity index (χ1v) is 6.38. The molecule has 0 saturated carbocycles. The number of nitrogens with one attached hydrogen (secondary N) is 1. The molecule has 2 aromatic heterocycles. The quantitative estimate of drug-likeness (QED) is 0.835. The Kier molecular flexibility index (Phi) is 3.69. The third kappa shape index (κ3) is 2.31. The van der Waals surface area contributed by atoms with Gasteiger partial charge in [0.25, 0.3) is 0 Å². The second-order valence-corrected chi connectivity index (χ2v) is 4.64. The van der Waals surface area contributed by atoms with Crippen molar-refractivity contribution >= 4 is 27.4 Å². The van der Waals surface area contributed by atoms with Crippen molar-refractivity contribution in [2.45, 2.75) is 25.8 Å². The lowest BCUT2D eigenvalue weighted by atomic mass is 10.1. The van der Waals surface area contributed by atoms with Crippen molar-refractivity contribution in [3.05, 3.63) is 17.8 Å². The zero-order valence-electron chi connectivity index (χ0n) is 9.31. The summed E-state index contributed by atoms with van der Waals surface area (Å²) in [4.78, 5) is 8.49. The van der Waals surface area contributed by atoms with Crippen LogP contribution in [0.25, 0.3) is 10.2 Å². The molecule has 2 aromatic rings. The van der Waals surface area contributed by atoms with E-state index < -0.39 is 0 Å². The molecule has 0 saturated heterocycles. The number of fused-ring (bicyclic) bond motifs is 1. The van der Waals surface area contributed by atoms with Crippen LogP contribution in [0.1, 0.15) is 19.8 Å². The van der Waals surface area contributed by atoms with Gasteiger partial charge in [0.05, 0.1) is 10.2 Å². The summed E-state index contributed by atoms with van der Waals surface area (Å²) in [5.74, 6) is 0.906. The van der Waals surface area contributed by atoms with Crippen molar-refractivity contribution in [1.29, 1.82) is 0 Å². The van der Waals surface area contributed by atoms with Crippen LogP contribution in [0, 0.1) is 0 Å². The molecule has 0 bridgehead atoms. The van der Waals surface area contributed by atoms with Crippen LogP contribution in [-0.2, 0) is 0 Å². The molecule has 2 heterocycles. The van der Waals surface area contributed by atoms with Crippen LogP contribution in [0.15, 0.2) is 17.8 Å². The minimum atomic E-state index is 0.296. The van der Waals surface area contributed by atoms with Gasteiger partial charge in [-0.15, -0.1) is 11.3 Å². The van der Waals surface area contributed by atoms with E-state index in [-0.39, 0.29) is 0 Å². The Bertz CT molecular complexity index is 454. The minimum Gasteiger partial charge on any atom is -0.365 e. The topological polar surface area (TPSA) is 63.8 Å². The zero-order valence-corrected chi connectivity index (χ0v) is 10.1. The Morgan fingerprint density at radius 1 is 1.50 bits per heavy atom. The molecule has 0 amide bonds. The fourth-order valence-corrected chi connectivity index (χ4v) is 2.48. The van der Waals surface area contributed by atoms with Crippen molar-refractivity contribution in [3.8, 4) is 0 Å². The third-order valence-electron chi connectivity index (χ3n) is 2.51. The Hall–Kier alpha value is -1.20. The molecule has 0 aromatic carbocycles. The van der Waals surface area contributed by atoms with Crippen LogP contribution in [0.5, 0.6) is 0 Å². The number of anilines is 1. The SMILES string of the molecule is CCCC(CN)Nc1ncnc2ccsc12. The highest BCUT2D eigenvalue weighted by Crippen LogP contribution is 2.25. The van der Waals surface area contributed by atoms with Gasteiger partial charge in [-0.1, -0.05) is 13.3 Å². The average molecular weight is 236 g/mol. The lowest BCUT2D eigenvalue weighted by Crippen LogP contribution is -2.29. The molecule has 0 aliphatic heterocycles. The zero-order chi connectivity index (χ0) is 11.4. The smallest absolute Gasteiger partial charge is 0.147 e. The van der Waals surface area contributed by atoms with Crippen molar-refractivity contribution in [2.24, 2.45) is 5.73 Å². The first-order valence-electron chi connectivity index (χ1n) is 5.50. The van der Waals surface area contributed by atoms with Crippen molar-refractivity contribution < 1.29 is 0 Å². The molecule has 1 atom stereocenters. The number of rotatable bonds is 5. The van der Waals surface area contributed by atoms with Crippen molar-refractivity contribution in [2.75, 3.05) is 11.9 Å². The number of hydrogen-bond donors (Lipinski definition) is 2. The molecular weight excluding hydrogens is 220 g/mol. The monoisotopic (exact) mass is 236 g/mol. The largest absolute Gasteiger partial charge is 0.365 e. The number of nitrogens with zero attached hydrogens (tertiary/aromatic N) is 2. The standard InChI is InChI=1S/C11H16N4S/c1-2-3-8(6-12)15-11-10-9(4-5-16-10)13-7-14-11/h4-5,7-8H,2-3,6,12H2,1H3,(H,13,14,15). The molecule has 4 nitrogen and oxygen atoms in total. The van der Waals surface area contributed by atoms with Gasteiger partial charge < -0.3 is 11.1 Å². The van der Waals surface area contributed by atoms with Gasteiger partial charge in [-0.25, -0.2) is 9.97 Å². The second kappa shape index (κ2) is 5.23. The molecule has 86 valence electrons. The van der Waals surface area contributed by atoms with E-state index in [0.29, 0.717) is 12.6 Å². The molecule has 0 aliphatic rings. The van der Waals surface area contributed by atoms with Crippen LogP contribution in [0.3, 0.4) is 0 Å². The Morgan fingerprint density at radius 3 is 3.12 bits per heavy atom. The van der Waals surface area contributed by atoms with E-state index in [4.69, 9.17) is 5.73 Å². The highest BCUT2D eigenvalue weighted by molar-refractivity contribution is 7.17. The molecule has 1 unspecified atom stereocenters.